The molecule has 0 heterocycles. The first-order valence-corrected chi connectivity index (χ1v) is 5.90. The van der Waals surface area contributed by atoms with E-state index in [1.807, 2.05) is 0 Å². The van der Waals surface area contributed by atoms with Gasteiger partial charge in [-0.1, -0.05) is 0 Å². The number of aliphatic carboxylic acids is 1. The Morgan fingerprint density at radius 3 is 2.47 bits per heavy atom. The maximum atomic E-state index is 12.9. The molecule has 1 rings (SSSR count). The summed E-state index contributed by atoms with van der Waals surface area (Å²) >= 11 is 0. The van der Waals surface area contributed by atoms with Gasteiger partial charge in [-0.25, -0.2) is 13.6 Å². The molecule has 0 spiro atoms. The van der Waals surface area contributed by atoms with Crippen LogP contribution < -0.4 is 11.1 Å². The predicted molar refractivity (Wildman–Crippen MR) is 60.3 cm³/mol. The van der Waals surface area contributed by atoms with E-state index in [9.17, 15) is 23.2 Å². The highest BCUT2D eigenvalue weighted by molar-refractivity contribution is 5.85. The van der Waals surface area contributed by atoms with Crippen LogP contribution in [-0.2, 0) is 14.4 Å². The van der Waals surface area contributed by atoms with Gasteiger partial charge in [0.1, 0.15) is 6.04 Å². The van der Waals surface area contributed by atoms with Crippen LogP contribution in [0, 0.1) is 5.92 Å². The van der Waals surface area contributed by atoms with Gasteiger partial charge in [-0.2, -0.15) is 0 Å². The number of carbonyl (C=O) groups is 3. The van der Waals surface area contributed by atoms with Crippen LogP contribution in [0.2, 0.25) is 0 Å². The fourth-order valence-corrected chi connectivity index (χ4v) is 2.01. The monoisotopic (exact) mass is 278 g/mol. The Balaban J connectivity index is 2.52. The van der Waals surface area contributed by atoms with Crippen LogP contribution in [0.15, 0.2) is 0 Å². The summed E-state index contributed by atoms with van der Waals surface area (Å²) in [5.41, 5.74) is 4.89. The van der Waals surface area contributed by atoms with Crippen LogP contribution in [0.5, 0.6) is 0 Å². The van der Waals surface area contributed by atoms with Crippen molar-refractivity contribution in [3.63, 3.8) is 0 Å². The minimum atomic E-state index is -2.87. The highest BCUT2D eigenvalue weighted by Gasteiger charge is 2.43. The molecule has 0 aromatic rings. The zero-order valence-corrected chi connectivity index (χ0v) is 10.2. The molecule has 0 saturated heterocycles. The molecule has 4 N–H and O–H groups in total. The van der Waals surface area contributed by atoms with E-state index in [0.29, 0.717) is 0 Å². The average molecular weight is 278 g/mol. The molecular weight excluding hydrogens is 262 g/mol. The highest BCUT2D eigenvalue weighted by atomic mass is 19.3. The Labute approximate surface area is 108 Å². The molecule has 0 bridgehead atoms. The topological polar surface area (TPSA) is 109 Å². The molecule has 1 saturated carbocycles. The first kappa shape index (κ1) is 15.3. The van der Waals surface area contributed by atoms with Crippen molar-refractivity contribution < 1.29 is 28.3 Å². The number of alkyl halides is 2. The summed E-state index contributed by atoms with van der Waals surface area (Å²) in [6.07, 6.45) is -1.26. The first-order valence-electron chi connectivity index (χ1n) is 5.90. The third-order valence-electron chi connectivity index (χ3n) is 3.07. The second kappa shape index (κ2) is 5.94. The summed E-state index contributed by atoms with van der Waals surface area (Å²) in [6.45, 7) is 0. The van der Waals surface area contributed by atoms with Crippen LogP contribution in [0.25, 0.3) is 0 Å². The number of halogens is 2. The number of hydrogen-bond donors (Lipinski definition) is 3. The zero-order valence-electron chi connectivity index (χ0n) is 10.2. The lowest BCUT2D eigenvalue weighted by molar-refractivity contribution is -0.142. The third kappa shape index (κ3) is 4.80. The van der Waals surface area contributed by atoms with Crippen molar-refractivity contribution in [2.24, 2.45) is 11.7 Å². The lowest BCUT2D eigenvalue weighted by Crippen LogP contribution is -2.43. The summed E-state index contributed by atoms with van der Waals surface area (Å²) in [5, 5.41) is 11.0. The molecule has 2 atom stereocenters. The fourth-order valence-electron chi connectivity index (χ4n) is 2.01. The van der Waals surface area contributed by atoms with Gasteiger partial charge >= 0.3 is 5.97 Å². The second-order valence-electron chi connectivity index (χ2n) is 4.70. The van der Waals surface area contributed by atoms with Crippen molar-refractivity contribution in [3.05, 3.63) is 0 Å². The number of nitrogens with one attached hydrogen (secondary N) is 1. The van der Waals surface area contributed by atoms with Gasteiger partial charge in [0.15, 0.2) is 0 Å². The van der Waals surface area contributed by atoms with Crippen molar-refractivity contribution in [3.8, 4) is 0 Å². The molecule has 8 heteroatoms. The van der Waals surface area contributed by atoms with E-state index < -0.39 is 42.1 Å². The standard InChI is InChI=1S/C11H16F2N2O4/c12-11(13)4-3-6(5-11)9(17)15-7(10(18)19)1-2-8(14)16/h6-7H,1-5H2,(H2,14,16)(H,15,17)(H,18,19)/t6?,7-/m1/s1. The van der Waals surface area contributed by atoms with Gasteiger partial charge in [0.2, 0.25) is 17.7 Å². The number of primary amides is 1. The van der Waals surface area contributed by atoms with Crippen molar-refractivity contribution >= 4 is 17.8 Å². The summed E-state index contributed by atoms with van der Waals surface area (Å²) in [5.74, 6) is -6.47. The maximum Gasteiger partial charge on any atom is 0.326 e. The smallest absolute Gasteiger partial charge is 0.326 e. The number of carboxylic acids is 1. The molecule has 19 heavy (non-hydrogen) atoms. The number of carbonyl (C=O) groups excluding carboxylic acids is 2. The van der Waals surface area contributed by atoms with Crippen molar-refractivity contribution in [2.75, 3.05) is 0 Å². The molecule has 0 radical (unpaired) electrons. The minimum absolute atomic E-state index is 0.0288. The number of carboxylic acid groups (broad SMARTS) is 1. The normalized spacial score (nSPS) is 22.7. The highest BCUT2D eigenvalue weighted by Crippen LogP contribution is 2.38. The van der Waals surface area contributed by atoms with Crippen LogP contribution in [0.3, 0.4) is 0 Å². The Morgan fingerprint density at radius 2 is 2.05 bits per heavy atom. The van der Waals surface area contributed by atoms with E-state index in [-0.39, 0.29) is 25.7 Å². The molecule has 6 nitrogen and oxygen atoms in total. The third-order valence-corrected chi connectivity index (χ3v) is 3.07. The Hall–Kier alpha value is -1.73. The Kier molecular flexibility index (Phi) is 4.79. The number of amides is 2. The fraction of sp³-hybridized carbons (Fsp3) is 0.727. The minimum Gasteiger partial charge on any atom is -0.480 e. The van der Waals surface area contributed by atoms with Crippen molar-refractivity contribution in [1.82, 2.24) is 5.32 Å². The lowest BCUT2D eigenvalue weighted by Gasteiger charge is -2.17. The molecule has 1 fully saturated rings. The molecule has 1 aliphatic rings. The van der Waals surface area contributed by atoms with E-state index in [1.165, 1.54) is 0 Å². The molecule has 2 amide bonds. The maximum absolute atomic E-state index is 12.9. The lowest BCUT2D eigenvalue weighted by atomic mass is 10.1. The molecule has 0 aromatic heterocycles. The predicted octanol–water partition coefficient (Wildman–Crippen LogP) is 0.257. The number of nitrogens with two attached hydrogens (primary N) is 1. The molecule has 0 aromatic carbocycles. The van der Waals surface area contributed by atoms with Crippen molar-refractivity contribution in [1.29, 1.82) is 0 Å². The SMILES string of the molecule is NC(=O)CC[C@@H](NC(=O)C1CCC(F)(F)C1)C(=O)O. The van der Waals surface area contributed by atoms with Gasteiger partial charge in [-0.15, -0.1) is 0 Å². The summed E-state index contributed by atoms with van der Waals surface area (Å²) < 4.78 is 25.9. The number of hydrogen-bond acceptors (Lipinski definition) is 3. The van der Waals surface area contributed by atoms with Crippen LogP contribution in [0.1, 0.15) is 32.1 Å². The van der Waals surface area contributed by atoms with Gasteiger partial charge < -0.3 is 16.2 Å². The van der Waals surface area contributed by atoms with Gasteiger partial charge in [-0.3, -0.25) is 9.59 Å². The molecule has 1 aliphatic carbocycles. The van der Waals surface area contributed by atoms with E-state index >= 15 is 0 Å². The molecule has 0 aliphatic heterocycles. The van der Waals surface area contributed by atoms with Crippen LogP contribution in [-0.4, -0.2) is 34.9 Å². The van der Waals surface area contributed by atoms with Crippen LogP contribution >= 0.6 is 0 Å². The van der Waals surface area contributed by atoms with Gasteiger partial charge in [-0.05, 0) is 12.8 Å². The van der Waals surface area contributed by atoms with E-state index in [2.05, 4.69) is 5.32 Å². The molecule has 1 unspecified atom stereocenters. The zero-order chi connectivity index (χ0) is 14.6. The van der Waals surface area contributed by atoms with E-state index in [4.69, 9.17) is 10.8 Å². The Bertz CT molecular complexity index is 387. The molecule has 108 valence electrons. The summed E-state index contributed by atoms with van der Waals surface area (Å²) in [4.78, 5) is 33.1. The van der Waals surface area contributed by atoms with Gasteiger partial charge in [0.25, 0.3) is 0 Å². The van der Waals surface area contributed by atoms with E-state index in [1.54, 1.807) is 0 Å². The summed E-state index contributed by atoms with van der Waals surface area (Å²) in [7, 11) is 0. The second-order valence-corrected chi connectivity index (χ2v) is 4.70. The number of rotatable bonds is 6. The molecular formula is C11H16F2N2O4. The Morgan fingerprint density at radius 1 is 1.42 bits per heavy atom. The quantitative estimate of drug-likeness (QED) is 0.647. The van der Waals surface area contributed by atoms with E-state index in [0.717, 1.165) is 0 Å². The van der Waals surface area contributed by atoms with Gasteiger partial charge in [0, 0.05) is 25.2 Å². The van der Waals surface area contributed by atoms with Crippen molar-refractivity contribution in [2.45, 2.75) is 44.1 Å². The average Bonchev–Trinajstić information content (AvgIpc) is 2.64. The van der Waals surface area contributed by atoms with Crippen LogP contribution in [0.4, 0.5) is 8.78 Å². The van der Waals surface area contributed by atoms with Gasteiger partial charge in [0.05, 0.1) is 0 Å². The largest absolute Gasteiger partial charge is 0.480 e. The summed E-state index contributed by atoms with van der Waals surface area (Å²) in [6, 6.07) is -1.28. The first-order chi connectivity index (χ1) is 8.71.